The Labute approximate surface area is 167 Å². The molecule has 0 spiro atoms. The van der Waals surface area contributed by atoms with E-state index in [1.807, 2.05) is 25.1 Å². The molecule has 5 nitrogen and oxygen atoms in total. The first kappa shape index (κ1) is 19.8. The highest BCUT2D eigenvalue weighted by Gasteiger charge is 2.56. The molecule has 0 aliphatic carbocycles. The predicted octanol–water partition coefficient (Wildman–Crippen LogP) is 3.64. The van der Waals surface area contributed by atoms with Gasteiger partial charge < -0.3 is 14.2 Å². The summed E-state index contributed by atoms with van der Waals surface area (Å²) in [5.41, 5.74) is 0.905. The van der Waals surface area contributed by atoms with Gasteiger partial charge in [-0.1, -0.05) is 49.4 Å². The Morgan fingerprint density at radius 2 is 2.14 bits per heavy atom. The molecular formula is C23H31NO4. The molecule has 3 saturated heterocycles. The van der Waals surface area contributed by atoms with Gasteiger partial charge in [0.15, 0.2) is 5.78 Å². The van der Waals surface area contributed by atoms with Gasteiger partial charge in [0.1, 0.15) is 0 Å². The fourth-order valence-electron chi connectivity index (χ4n) is 4.50. The van der Waals surface area contributed by atoms with Crippen LogP contribution in [0, 0.1) is 5.92 Å². The molecule has 0 amide bonds. The Kier molecular flexibility index (Phi) is 5.70. The van der Waals surface area contributed by atoms with Crippen molar-refractivity contribution in [1.82, 2.24) is 4.90 Å². The first-order valence-electron chi connectivity index (χ1n) is 10.5. The zero-order chi connectivity index (χ0) is 19.6. The second-order valence-corrected chi connectivity index (χ2v) is 8.58. The number of carbonyl (C=O) groups is 1. The zero-order valence-electron chi connectivity index (χ0n) is 16.9. The van der Waals surface area contributed by atoms with Crippen molar-refractivity contribution in [2.75, 3.05) is 26.3 Å². The topological polar surface area (TPSA) is 48.0 Å². The quantitative estimate of drug-likeness (QED) is 0.717. The average Bonchev–Trinajstić information content (AvgIpc) is 3.25. The molecule has 28 heavy (non-hydrogen) atoms. The molecule has 0 radical (unpaired) electrons. The molecule has 3 fully saturated rings. The van der Waals surface area contributed by atoms with E-state index in [0.29, 0.717) is 19.6 Å². The summed E-state index contributed by atoms with van der Waals surface area (Å²) in [6, 6.07) is 10.2. The van der Waals surface area contributed by atoms with Crippen LogP contribution in [-0.2, 0) is 19.0 Å². The Morgan fingerprint density at radius 3 is 2.96 bits per heavy atom. The summed E-state index contributed by atoms with van der Waals surface area (Å²) < 4.78 is 17.9. The number of hydrogen-bond acceptors (Lipinski definition) is 5. The molecule has 5 heteroatoms. The van der Waals surface area contributed by atoms with Crippen LogP contribution in [0.15, 0.2) is 36.4 Å². The first-order valence-corrected chi connectivity index (χ1v) is 10.5. The van der Waals surface area contributed by atoms with Gasteiger partial charge in [-0.15, -0.1) is 0 Å². The maximum Gasteiger partial charge on any atom is 0.286 e. The molecule has 3 aliphatic heterocycles. The smallest absolute Gasteiger partial charge is 0.286 e. The lowest BCUT2D eigenvalue weighted by atomic mass is 9.95. The molecule has 152 valence electrons. The maximum atomic E-state index is 13.1. The highest BCUT2D eigenvalue weighted by molar-refractivity contribution is 5.84. The molecule has 3 unspecified atom stereocenters. The lowest BCUT2D eigenvalue weighted by Crippen LogP contribution is -2.49. The van der Waals surface area contributed by atoms with E-state index in [-0.39, 0.29) is 23.3 Å². The number of ether oxygens (including phenoxy) is 3. The van der Waals surface area contributed by atoms with Gasteiger partial charge in [0.25, 0.3) is 5.97 Å². The van der Waals surface area contributed by atoms with Gasteiger partial charge in [-0.05, 0) is 31.9 Å². The minimum atomic E-state index is -1.04. The normalized spacial score (nSPS) is 34.1. The number of benzene rings is 1. The van der Waals surface area contributed by atoms with Crippen LogP contribution >= 0.6 is 0 Å². The van der Waals surface area contributed by atoms with Crippen LogP contribution in [0.5, 0.6) is 0 Å². The second-order valence-electron chi connectivity index (χ2n) is 8.58. The minimum absolute atomic E-state index is 0.0179. The van der Waals surface area contributed by atoms with Gasteiger partial charge >= 0.3 is 0 Å². The van der Waals surface area contributed by atoms with Gasteiger partial charge in [0.2, 0.25) is 0 Å². The lowest BCUT2D eigenvalue weighted by Gasteiger charge is -2.39. The van der Waals surface area contributed by atoms with Crippen molar-refractivity contribution in [2.24, 2.45) is 5.92 Å². The maximum absolute atomic E-state index is 13.1. The fraction of sp³-hybridized carbons (Fsp3) is 0.609. The molecule has 0 N–H and O–H groups in total. The number of Topliss-reactive ketones (excluding diaryl/α,β-unsaturated/α-hetero) is 1. The van der Waals surface area contributed by atoms with Crippen LogP contribution in [0.4, 0.5) is 0 Å². The number of rotatable bonds is 7. The van der Waals surface area contributed by atoms with Crippen LogP contribution < -0.4 is 0 Å². The summed E-state index contributed by atoms with van der Waals surface area (Å²) >= 11 is 0. The molecular weight excluding hydrogens is 354 g/mol. The van der Waals surface area contributed by atoms with E-state index >= 15 is 0 Å². The summed E-state index contributed by atoms with van der Waals surface area (Å²) in [6.07, 6.45) is 7.52. The molecule has 3 heterocycles. The van der Waals surface area contributed by atoms with E-state index in [4.69, 9.17) is 14.2 Å². The zero-order valence-corrected chi connectivity index (χ0v) is 16.9. The SMILES string of the molecule is CC(CC(=O)[C@@H]1CCCN1C/C=C/c1ccccc1)C12OCCC(C)(CO1)O2. The number of hydrogen-bond donors (Lipinski definition) is 0. The van der Waals surface area contributed by atoms with Crippen LogP contribution in [0.2, 0.25) is 0 Å². The van der Waals surface area contributed by atoms with Crippen LogP contribution in [0.1, 0.15) is 45.1 Å². The van der Waals surface area contributed by atoms with E-state index in [1.165, 1.54) is 5.56 Å². The minimum Gasteiger partial charge on any atom is -0.327 e. The van der Waals surface area contributed by atoms with Crippen LogP contribution in [-0.4, -0.2) is 54.6 Å². The first-order chi connectivity index (χ1) is 13.5. The monoisotopic (exact) mass is 385 g/mol. The average molecular weight is 386 g/mol. The lowest BCUT2D eigenvalue weighted by molar-refractivity contribution is -0.388. The van der Waals surface area contributed by atoms with E-state index in [0.717, 1.165) is 32.4 Å². The standard InChI is InChI=1S/C23H31NO4/c1-18(23-26-15-12-22(2,28-23)17-27-23)16-21(25)20-11-7-14-24(20)13-6-10-19-8-4-3-5-9-19/h3-6,8-10,18,20H,7,11-17H2,1-2H3/b10-6+/t18?,20-,22?,23?/m0/s1. The highest BCUT2D eigenvalue weighted by atomic mass is 16.9. The highest BCUT2D eigenvalue weighted by Crippen LogP contribution is 2.44. The van der Waals surface area contributed by atoms with Crippen molar-refractivity contribution in [1.29, 1.82) is 0 Å². The molecule has 4 rings (SSSR count). The number of carbonyl (C=O) groups excluding carboxylic acids is 1. The van der Waals surface area contributed by atoms with Gasteiger partial charge in [-0.2, -0.15) is 0 Å². The van der Waals surface area contributed by atoms with Crippen LogP contribution in [0.3, 0.4) is 0 Å². The Bertz CT molecular complexity index is 721. The second kappa shape index (κ2) is 8.07. The number of ketones is 1. The van der Waals surface area contributed by atoms with Crippen molar-refractivity contribution < 1.29 is 19.0 Å². The van der Waals surface area contributed by atoms with Gasteiger partial charge in [0.05, 0.1) is 24.9 Å². The summed E-state index contributed by atoms with van der Waals surface area (Å²) in [6.45, 7) is 6.98. The molecule has 1 aromatic carbocycles. The number of fused-ring (bicyclic) bond motifs is 2. The largest absolute Gasteiger partial charge is 0.327 e. The fourth-order valence-corrected chi connectivity index (χ4v) is 4.50. The van der Waals surface area contributed by atoms with E-state index in [2.05, 4.69) is 36.1 Å². The third-order valence-corrected chi connectivity index (χ3v) is 6.20. The van der Waals surface area contributed by atoms with E-state index in [1.54, 1.807) is 0 Å². The van der Waals surface area contributed by atoms with Crippen molar-refractivity contribution >= 4 is 11.9 Å². The Balaban J connectivity index is 1.34. The molecule has 0 aromatic heterocycles. The molecule has 3 aliphatic rings. The Morgan fingerprint density at radius 1 is 1.32 bits per heavy atom. The summed E-state index contributed by atoms with van der Waals surface area (Å²) in [7, 11) is 0. The van der Waals surface area contributed by atoms with Crippen LogP contribution in [0.25, 0.3) is 6.08 Å². The van der Waals surface area contributed by atoms with E-state index < -0.39 is 5.97 Å². The molecule has 0 saturated carbocycles. The third-order valence-electron chi connectivity index (χ3n) is 6.20. The summed E-state index contributed by atoms with van der Waals surface area (Å²) in [4.78, 5) is 15.3. The molecule has 2 bridgehead atoms. The van der Waals surface area contributed by atoms with Gasteiger partial charge in [0, 0.05) is 25.3 Å². The van der Waals surface area contributed by atoms with E-state index in [9.17, 15) is 4.79 Å². The van der Waals surface area contributed by atoms with Crippen molar-refractivity contribution in [3.05, 3.63) is 42.0 Å². The van der Waals surface area contributed by atoms with Gasteiger partial charge in [-0.25, -0.2) is 0 Å². The molecule has 4 atom stereocenters. The molecule has 1 aromatic rings. The van der Waals surface area contributed by atoms with Gasteiger partial charge in [-0.3, -0.25) is 9.69 Å². The van der Waals surface area contributed by atoms with Crippen molar-refractivity contribution in [2.45, 2.75) is 57.1 Å². The Hall–Kier alpha value is -1.53. The number of nitrogens with zero attached hydrogens (tertiary/aromatic N) is 1. The summed E-state index contributed by atoms with van der Waals surface area (Å²) in [5.74, 6) is -0.897. The number of likely N-dealkylation sites (tertiary alicyclic amines) is 1. The van der Waals surface area contributed by atoms with Crippen molar-refractivity contribution in [3.63, 3.8) is 0 Å². The third kappa shape index (κ3) is 4.08. The predicted molar refractivity (Wildman–Crippen MR) is 108 cm³/mol. The summed E-state index contributed by atoms with van der Waals surface area (Å²) in [5, 5.41) is 0. The van der Waals surface area contributed by atoms with Crippen molar-refractivity contribution in [3.8, 4) is 0 Å².